The Balaban J connectivity index is 2.16. The smallest absolute Gasteiger partial charge is 0.308 e. The third-order valence-electron chi connectivity index (χ3n) is 3.05. The molecule has 2 aromatic rings. The van der Waals surface area contributed by atoms with Gasteiger partial charge in [-0.2, -0.15) is 13.2 Å². The predicted octanol–water partition coefficient (Wildman–Crippen LogP) is 4.57. The maximum atomic E-state index is 12.6. The van der Waals surface area contributed by atoms with Crippen LogP contribution in [0, 0.1) is 17.0 Å². The number of nitrogens with zero attached hydrogens (tertiary/aromatic N) is 1. The molecule has 0 unspecified atom stereocenters. The summed E-state index contributed by atoms with van der Waals surface area (Å²) in [6.45, 7) is 1.65. The summed E-state index contributed by atoms with van der Waals surface area (Å²) in [6, 6.07) is 7.36. The zero-order chi connectivity index (χ0) is 17.9. The van der Waals surface area contributed by atoms with Crippen LogP contribution < -0.4 is 10.6 Å². The molecule has 0 aliphatic carbocycles. The van der Waals surface area contributed by atoms with Gasteiger partial charge in [0, 0.05) is 11.8 Å². The highest BCUT2D eigenvalue weighted by molar-refractivity contribution is 6.01. The Hall–Kier alpha value is -3.10. The van der Waals surface area contributed by atoms with E-state index in [-0.39, 0.29) is 17.1 Å². The first-order valence-electron chi connectivity index (χ1n) is 6.67. The van der Waals surface area contributed by atoms with Gasteiger partial charge in [-0.1, -0.05) is 12.1 Å². The molecule has 2 amide bonds. The molecule has 0 aromatic heterocycles. The molecule has 0 spiro atoms. The highest BCUT2D eigenvalue weighted by Crippen LogP contribution is 2.31. The molecule has 0 aliphatic rings. The fraction of sp³-hybridized carbons (Fsp3) is 0.133. The maximum Gasteiger partial charge on any atom is 0.416 e. The summed E-state index contributed by atoms with van der Waals surface area (Å²) in [5.74, 6) is 0. The molecule has 2 rings (SSSR count). The Morgan fingerprint density at radius 3 is 2.46 bits per heavy atom. The molecule has 0 saturated heterocycles. The number of carbonyl (C=O) groups excluding carboxylic acids is 1. The Morgan fingerprint density at radius 2 is 1.83 bits per heavy atom. The van der Waals surface area contributed by atoms with Crippen LogP contribution in [0.4, 0.5) is 35.0 Å². The van der Waals surface area contributed by atoms with Gasteiger partial charge in [0.15, 0.2) is 0 Å². The lowest BCUT2D eigenvalue weighted by Crippen LogP contribution is -2.20. The molecule has 0 saturated carbocycles. The number of nitrogens with one attached hydrogen (secondary N) is 2. The van der Waals surface area contributed by atoms with Crippen molar-refractivity contribution < 1.29 is 22.9 Å². The molecule has 24 heavy (non-hydrogen) atoms. The molecule has 126 valence electrons. The van der Waals surface area contributed by atoms with E-state index in [4.69, 9.17) is 0 Å². The molecule has 9 heteroatoms. The second-order valence-corrected chi connectivity index (χ2v) is 4.94. The summed E-state index contributed by atoms with van der Waals surface area (Å²) in [7, 11) is 0. The van der Waals surface area contributed by atoms with Crippen LogP contribution in [0.1, 0.15) is 11.1 Å². The van der Waals surface area contributed by atoms with Gasteiger partial charge in [-0.3, -0.25) is 10.1 Å². The van der Waals surface area contributed by atoms with E-state index in [1.807, 2.05) is 0 Å². The van der Waals surface area contributed by atoms with E-state index in [9.17, 15) is 28.1 Å². The van der Waals surface area contributed by atoms with Crippen molar-refractivity contribution in [2.75, 3.05) is 10.6 Å². The average molecular weight is 339 g/mol. The zero-order valence-corrected chi connectivity index (χ0v) is 12.3. The number of alkyl halides is 3. The van der Waals surface area contributed by atoms with Crippen LogP contribution in [0.25, 0.3) is 0 Å². The van der Waals surface area contributed by atoms with Crippen molar-refractivity contribution in [2.24, 2.45) is 0 Å². The monoisotopic (exact) mass is 339 g/mol. The lowest BCUT2D eigenvalue weighted by atomic mass is 10.2. The van der Waals surface area contributed by atoms with Crippen molar-refractivity contribution in [3.8, 4) is 0 Å². The summed E-state index contributed by atoms with van der Waals surface area (Å²) >= 11 is 0. The Labute approximate surface area is 134 Å². The van der Waals surface area contributed by atoms with Crippen molar-refractivity contribution in [1.29, 1.82) is 0 Å². The van der Waals surface area contributed by atoms with Gasteiger partial charge in [0.1, 0.15) is 5.69 Å². The molecule has 2 aromatic carbocycles. The van der Waals surface area contributed by atoms with Gasteiger partial charge in [-0.25, -0.2) is 4.79 Å². The average Bonchev–Trinajstić information content (AvgIpc) is 2.48. The maximum absolute atomic E-state index is 12.6. The Kier molecular flexibility index (Phi) is 4.72. The number of aryl methyl sites for hydroxylation is 1. The van der Waals surface area contributed by atoms with Crippen LogP contribution in [-0.2, 0) is 6.18 Å². The van der Waals surface area contributed by atoms with E-state index < -0.39 is 22.7 Å². The second-order valence-electron chi connectivity index (χ2n) is 4.94. The summed E-state index contributed by atoms with van der Waals surface area (Å²) in [5, 5.41) is 15.4. The fourth-order valence-corrected chi connectivity index (χ4v) is 1.96. The third-order valence-corrected chi connectivity index (χ3v) is 3.05. The largest absolute Gasteiger partial charge is 0.416 e. The number of benzene rings is 2. The molecule has 0 bridgehead atoms. The molecule has 2 N–H and O–H groups in total. The number of nitro benzene ring substituents is 1. The Bertz CT molecular complexity index is 791. The number of amides is 2. The lowest BCUT2D eigenvalue weighted by Gasteiger charge is -2.11. The van der Waals surface area contributed by atoms with E-state index in [1.54, 1.807) is 13.0 Å². The number of carbonyl (C=O) groups is 1. The minimum absolute atomic E-state index is 0.0601. The van der Waals surface area contributed by atoms with Crippen LogP contribution in [0.5, 0.6) is 0 Å². The van der Waals surface area contributed by atoms with E-state index >= 15 is 0 Å². The number of nitro groups is 1. The molecular formula is C15H12F3N3O3. The van der Waals surface area contributed by atoms with Crippen molar-refractivity contribution in [3.05, 3.63) is 63.7 Å². The first kappa shape index (κ1) is 17.3. The van der Waals surface area contributed by atoms with Crippen LogP contribution >= 0.6 is 0 Å². The van der Waals surface area contributed by atoms with Crippen LogP contribution in [0.15, 0.2) is 42.5 Å². The fourth-order valence-electron chi connectivity index (χ4n) is 1.96. The van der Waals surface area contributed by atoms with Gasteiger partial charge in [0.05, 0.1) is 10.5 Å². The van der Waals surface area contributed by atoms with E-state index in [0.29, 0.717) is 5.56 Å². The number of halogens is 3. The predicted molar refractivity (Wildman–Crippen MR) is 81.9 cm³/mol. The quantitative estimate of drug-likeness (QED) is 0.635. The molecular weight excluding hydrogens is 327 g/mol. The van der Waals surface area contributed by atoms with Crippen molar-refractivity contribution in [1.82, 2.24) is 0 Å². The van der Waals surface area contributed by atoms with Gasteiger partial charge < -0.3 is 10.6 Å². The summed E-state index contributed by atoms with van der Waals surface area (Å²) < 4.78 is 37.9. The first-order valence-corrected chi connectivity index (χ1v) is 6.67. The number of hydrogen-bond acceptors (Lipinski definition) is 3. The minimum Gasteiger partial charge on any atom is -0.308 e. The second kappa shape index (κ2) is 6.57. The van der Waals surface area contributed by atoms with Gasteiger partial charge in [-0.15, -0.1) is 0 Å². The number of hydrogen-bond donors (Lipinski definition) is 2. The van der Waals surface area contributed by atoms with Gasteiger partial charge in [-0.05, 0) is 36.8 Å². The van der Waals surface area contributed by atoms with Gasteiger partial charge >= 0.3 is 12.2 Å². The first-order chi connectivity index (χ1) is 11.2. The van der Waals surface area contributed by atoms with Crippen molar-refractivity contribution in [3.63, 3.8) is 0 Å². The van der Waals surface area contributed by atoms with Gasteiger partial charge in [0.2, 0.25) is 0 Å². The highest BCUT2D eigenvalue weighted by Gasteiger charge is 2.30. The molecule has 0 atom stereocenters. The zero-order valence-electron chi connectivity index (χ0n) is 12.3. The van der Waals surface area contributed by atoms with Crippen molar-refractivity contribution in [2.45, 2.75) is 13.1 Å². The number of urea groups is 1. The van der Waals surface area contributed by atoms with E-state index in [1.165, 1.54) is 18.2 Å². The standard InChI is InChI=1S/C15H12F3N3O3/c1-9-5-6-12(13(7-9)21(23)24)20-14(22)19-11-4-2-3-10(8-11)15(16,17)18/h2-8H,1H3,(H2,19,20,22). The Morgan fingerprint density at radius 1 is 1.12 bits per heavy atom. The van der Waals surface area contributed by atoms with Crippen LogP contribution in [0.3, 0.4) is 0 Å². The van der Waals surface area contributed by atoms with Crippen LogP contribution in [0.2, 0.25) is 0 Å². The summed E-state index contributed by atoms with van der Waals surface area (Å²) in [4.78, 5) is 22.2. The summed E-state index contributed by atoms with van der Waals surface area (Å²) in [6.07, 6.45) is -4.54. The lowest BCUT2D eigenvalue weighted by molar-refractivity contribution is -0.384. The number of rotatable bonds is 3. The molecule has 0 aliphatic heterocycles. The normalized spacial score (nSPS) is 11.0. The number of anilines is 2. The topological polar surface area (TPSA) is 84.3 Å². The molecule has 0 radical (unpaired) electrons. The summed E-state index contributed by atoms with van der Waals surface area (Å²) in [5.41, 5.74) is -0.742. The third kappa shape index (κ3) is 4.22. The SMILES string of the molecule is Cc1ccc(NC(=O)Nc2cccc(C(F)(F)F)c2)c([N+](=O)[O-])c1. The molecule has 0 heterocycles. The van der Waals surface area contributed by atoms with E-state index in [0.717, 1.165) is 18.2 Å². The van der Waals surface area contributed by atoms with E-state index in [2.05, 4.69) is 10.6 Å². The minimum atomic E-state index is -4.54. The highest BCUT2D eigenvalue weighted by atomic mass is 19.4. The van der Waals surface area contributed by atoms with Gasteiger partial charge in [0.25, 0.3) is 5.69 Å². The molecule has 0 fully saturated rings. The van der Waals surface area contributed by atoms with Crippen molar-refractivity contribution >= 4 is 23.1 Å². The van der Waals surface area contributed by atoms with Crippen LogP contribution in [-0.4, -0.2) is 11.0 Å². The molecule has 6 nitrogen and oxygen atoms in total.